The van der Waals surface area contributed by atoms with Gasteiger partial charge >= 0.3 is 0 Å². The number of amides is 1. The van der Waals surface area contributed by atoms with Crippen LogP contribution in [0.25, 0.3) is 0 Å². The molecule has 2 aromatic rings. The van der Waals surface area contributed by atoms with Gasteiger partial charge in [0.1, 0.15) is 0 Å². The van der Waals surface area contributed by atoms with E-state index in [2.05, 4.69) is 22.3 Å². The number of rotatable bonds is 5. The van der Waals surface area contributed by atoms with E-state index in [4.69, 9.17) is 0 Å². The van der Waals surface area contributed by atoms with Crippen LogP contribution in [0, 0.1) is 17.5 Å². The third-order valence-corrected chi connectivity index (χ3v) is 4.61. The zero-order chi connectivity index (χ0) is 19.2. The summed E-state index contributed by atoms with van der Waals surface area (Å²) < 4.78 is 39.9. The minimum Gasteiger partial charge on any atom is -0.322 e. The van der Waals surface area contributed by atoms with Gasteiger partial charge in [-0.25, -0.2) is 13.2 Å². The molecule has 0 atom stereocenters. The molecule has 7 heteroatoms. The molecule has 1 saturated heterocycles. The van der Waals surface area contributed by atoms with Crippen LogP contribution < -0.4 is 5.32 Å². The Bertz CT molecular complexity index is 786. The van der Waals surface area contributed by atoms with Gasteiger partial charge in [0, 0.05) is 19.6 Å². The maximum Gasteiger partial charge on any atom is 0.238 e. The molecule has 3 rings (SSSR count). The molecule has 1 N–H and O–H groups in total. The Morgan fingerprint density at radius 2 is 1.59 bits per heavy atom. The molecule has 4 nitrogen and oxygen atoms in total. The minimum atomic E-state index is -1.58. The van der Waals surface area contributed by atoms with Crippen LogP contribution in [0.15, 0.2) is 42.5 Å². The van der Waals surface area contributed by atoms with Crippen LogP contribution in [-0.2, 0) is 11.3 Å². The lowest BCUT2D eigenvalue weighted by Gasteiger charge is -2.21. The van der Waals surface area contributed by atoms with Gasteiger partial charge in [-0.15, -0.1) is 0 Å². The van der Waals surface area contributed by atoms with Crippen molar-refractivity contribution in [2.45, 2.75) is 13.0 Å². The van der Waals surface area contributed by atoms with Gasteiger partial charge in [-0.2, -0.15) is 0 Å². The highest BCUT2D eigenvalue weighted by Gasteiger charge is 2.19. The van der Waals surface area contributed by atoms with Crippen LogP contribution in [0.3, 0.4) is 0 Å². The SMILES string of the molecule is O=C(CN1CCCN(Cc2ccccc2)CC1)Nc1ccc(F)c(F)c1F. The molecule has 1 aliphatic heterocycles. The van der Waals surface area contributed by atoms with Crippen LogP contribution in [-0.4, -0.2) is 48.4 Å². The molecule has 2 aromatic carbocycles. The Labute approximate surface area is 156 Å². The van der Waals surface area contributed by atoms with Crippen LogP contribution >= 0.6 is 0 Å². The number of anilines is 1. The van der Waals surface area contributed by atoms with Gasteiger partial charge in [-0.3, -0.25) is 14.6 Å². The lowest BCUT2D eigenvalue weighted by Crippen LogP contribution is -2.36. The topological polar surface area (TPSA) is 35.6 Å². The maximum absolute atomic E-state index is 13.7. The first-order valence-electron chi connectivity index (χ1n) is 8.95. The van der Waals surface area contributed by atoms with E-state index < -0.39 is 23.4 Å². The monoisotopic (exact) mass is 377 g/mol. The van der Waals surface area contributed by atoms with E-state index in [-0.39, 0.29) is 12.2 Å². The highest BCUT2D eigenvalue weighted by molar-refractivity contribution is 5.92. The molecule has 27 heavy (non-hydrogen) atoms. The van der Waals surface area contributed by atoms with E-state index in [1.165, 1.54) is 5.56 Å². The second-order valence-electron chi connectivity index (χ2n) is 6.66. The molecular weight excluding hydrogens is 355 g/mol. The standard InChI is InChI=1S/C20H22F3N3O/c21-16-7-8-17(20(23)19(16)22)24-18(27)14-26-10-4-9-25(11-12-26)13-15-5-2-1-3-6-15/h1-3,5-8H,4,9-14H2,(H,24,27). The normalized spacial score (nSPS) is 16.1. The number of halogens is 3. The summed E-state index contributed by atoms with van der Waals surface area (Å²) in [4.78, 5) is 16.5. The van der Waals surface area contributed by atoms with Gasteiger partial charge in [0.2, 0.25) is 5.91 Å². The molecule has 0 aliphatic carbocycles. The highest BCUT2D eigenvalue weighted by atomic mass is 19.2. The van der Waals surface area contributed by atoms with Gasteiger partial charge in [0.05, 0.1) is 12.2 Å². The van der Waals surface area contributed by atoms with E-state index in [9.17, 15) is 18.0 Å². The van der Waals surface area contributed by atoms with Crippen molar-refractivity contribution in [1.29, 1.82) is 0 Å². The number of benzene rings is 2. The van der Waals surface area contributed by atoms with E-state index in [1.54, 1.807) is 0 Å². The molecule has 1 fully saturated rings. The largest absolute Gasteiger partial charge is 0.322 e. The lowest BCUT2D eigenvalue weighted by atomic mass is 10.2. The fraction of sp³-hybridized carbons (Fsp3) is 0.350. The van der Waals surface area contributed by atoms with Crippen molar-refractivity contribution in [2.75, 3.05) is 38.0 Å². The molecule has 0 radical (unpaired) electrons. The first kappa shape index (κ1) is 19.4. The molecule has 0 spiro atoms. The minimum absolute atomic E-state index is 0.0810. The summed E-state index contributed by atoms with van der Waals surface area (Å²) in [7, 11) is 0. The first-order chi connectivity index (χ1) is 13.0. The second-order valence-corrected chi connectivity index (χ2v) is 6.66. The molecule has 0 bridgehead atoms. The van der Waals surface area contributed by atoms with Crippen molar-refractivity contribution in [3.05, 3.63) is 65.5 Å². The molecule has 1 heterocycles. The smallest absolute Gasteiger partial charge is 0.238 e. The Balaban J connectivity index is 1.51. The van der Waals surface area contributed by atoms with Crippen molar-refractivity contribution in [3.8, 4) is 0 Å². The number of hydrogen-bond acceptors (Lipinski definition) is 3. The fourth-order valence-electron chi connectivity index (χ4n) is 3.20. The van der Waals surface area contributed by atoms with Crippen LogP contribution in [0.4, 0.5) is 18.9 Å². The van der Waals surface area contributed by atoms with Crippen molar-refractivity contribution in [2.24, 2.45) is 0 Å². The van der Waals surface area contributed by atoms with E-state index >= 15 is 0 Å². The Hall–Kier alpha value is -2.38. The number of nitrogens with one attached hydrogen (secondary N) is 1. The third kappa shape index (κ3) is 5.30. The van der Waals surface area contributed by atoms with Crippen LogP contribution in [0.1, 0.15) is 12.0 Å². The quantitative estimate of drug-likeness (QED) is 0.813. The average Bonchev–Trinajstić information content (AvgIpc) is 2.88. The molecule has 1 amide bonds. The van der Waals surface area contributed by atoms with Crippen LogP contribution in [0.2, 0.25) is 0 Å². The molecular formula is C20H22F3N3O. The highest BCUT2D eigenvalue weighted by Crippen LogP contribution is 2.19. The Kier molecular flexibility index (Phi) is 6.47. The fourth-order valence-corrected chi connectivity index (χ4v) is 3.20. The second kappa shape index (κ2) is 9.01. The number of carbonyl (C=O) groups excluding carboxylic acids is 1. The predicted molar refractivity (Wildman–Crippen MR) is 97.7 cm³/mol. The zero-order valence-corrected chi connectivity index (χ0v) is 14.9. The maximum atomic E-state index is 13.7. The van der Waals surface area contributed by atoms with Crippen molar-refractivity contribution in [1.82, 2.24) is 9.80 Å². The van der Waals surface area contributed by atoms with Gasteiger partial charge in [-0.1, -0.05) is 30.3 Å². The first-order valence-corrected chi connectivity index (χ1v) is 8.95. The summed E-state index contributed by atoms with van der Waals surface area (Å²) in [5.74, 6) is -4.69. The summed E-state index contributed by atoms with van der Waals surface area (Å²) in [6.07, 6.45) is 0.916. The number of nitrogens with zero attached hydrogens (tertiary/aromatic N) is 2. The summed E-state index contributed by atoms with van der Waals surface area (Å²) in [5.41, 5.74) is 0.900. The van der Waals surface area contributed by atoms with E-state index in [1.807, 2.05) is 23.1 Å². The van der Waals surface area contributed by atoms with Gasteiger partial charge in [-0.05, 0) is 37.2 Å². The van der Waals surface area contributed by atoms with Crippen molar-refractivity contribution in [3.63, 3.8) is 0 Å². The average molecular weight is 377 g/mol. The summed E-state index contributed by atoms with van der Waals surface area (Å²) >= 11 is 0. The Morgan fingerprint density at radius 3 is 2.37 bits per heavy atom. The molecule has 144 valence electrons. The summed E-state index contributed by atoms with van der Waals surface area (Å²) in [5, 5.41) is 2.32. The third-order valence-electron chi connectivity index (χ3n) is 4.61. The number of hydrogen-bond donors (Lipinski definition) is 1. The lowest BCUT2D eigenvalue weighted by molar-refractivity contribution is -0.117. The van der Waals surface area contributed by atoms with Crippen LogP contribution in [0.5, 0.6) is 0 Å². The summed E-state index contributed by atoms with van der Waals surface area (Å²) in [6, 6.07) is 12.0. The van der Waals surface area contributed by atoms with E-state index in [0.717, 1.165) is 44.7 Å². The van der Waals surface area contributed by atoms with Gasteiger partial charge in [0.25, 0.3) is 0 Å². The summed E-state index contributed by atoms with van der Waals surface area (Å²) in [6.45, 7) is 4.16. The Morgan fingerprint density at radius 1 is 0.889 bits per heavy atom. The molecule has 0 saturated carbocycles. The zero-order valence-electron chi connectivity index (χ0n) is 14.9. The molecule has 0 aromatic heterocycles. The molecule has 1 aliphatic rings. The molecule has 0 unspecified atom stereocenters. The van der Waals surface area contributed by atoms with Crippen molar-refractivity contribution < 1.29 is 18.0 Å². The van der Waals surface area contributed by atoms with Gasteiger partial charge < -0.3 is 5.32 Å². The van der Waals surface area contributed by atoms with E-state index in [0.29, 0.717) is 6.54 Å². The predicted octanol–water partition coefficient (Wildman–Crippen LogP) is 3.25. The van der Waals surface area contributed by atoms with Gasteiger partial charge in [0.15, 0.2) is 17.5 Å². The van der Waals surface area contributed by atoms with Crippen molar-refractivity contribution >= 4 is 11.6 Å². The number of carbonyl (C=O) groups is 1.